The molecule has 0 saturated carbocycles. The molecule has 31 heavy (non-hydrogen) atoms. The summed E-state index contributed by atoms with van der Waals surface area (Å²) in [4.78, 5) is 19.4. The summed E-state index contributed by atoms with van der Waals surface area (Å²) in [5, 5.41) is 3.04. The summed E-state index contributed by atoms with van der Waals surface area (Å²) in [6.45, 7) is 11.8. The van der Waals surface area contributed by atoms with E-state index in [2.05, 4.69) is 47.2 Å². The first-order valence-corrected chi connectivity index (χ1v) is 11.3. The highest BCUT2D eigenvalue weighted by Crippen LogP contribution is 2.20. The number of urea groups is 1. The minimum absolute atomic E-state index is 0.00304. The quantitative estimate of drug-likeness (QED) is 0.805. The van der Waals surface area contributed by atoms with Crippen molar-refractivity contribution in [2.24, 2.45) is 0 Å². The molecule has 0 spiro atoms. The van der Waals surface area contributed by atoms with E-state index in [0.717, 1.165) is 38.3 Å². The van der Waals surface area contributed by atoms with E-state index in [4.69, 9.17) is 4.74 Å². The molecule has 1 unspecified atom stereocenters. The van der Waals surface area contributed by atoms with Gasteiger partial charge in [0.1, 0.15) is 0 Å². The minimum atomic E-state index is -0.00304. The predicted octanol–water partition coefficient (Wildman–Crippen LogP) is 3.04. The maximum absolute atomic E-state index is 12.6. The number of carbonyl (C=O) groups is 1. The maximum Gasteiger partial charge on any atom is 0.317 e. The van der Waals surface area contributed by atoms with E-state index in [1.54, 1.807) is 0 Å². The Morgan fingerprint density at radius 1 is 1.00 bits per heavy atom. The molecule has 1 N–H and O–H groups in total. The Bertz CT molecular complexity index is 865. The molecule has 2 saturated heterocycles. The maximum atomic E-state index is 12.6. The molecule has 166 valence electrons. The number of nitrogens with one attached hydrogen (secondary N) is 1. The van der Waals surface area contributed by atoms with Gasteiger partial charge in [0, 0.05) is 58.0 Å². The topological polar surface area (TPSA) is 48.0 Å². The molecule has 2 aliphatic heterocycles. The van der Waals surface area contributed by atoms with Crippen molar-refractivity contribution >= 4 is 11.7 Å². The molecule has 2 fully saturated rings. The van der Waals surface area contributed by atoms with Crippen LogP contribution in [0.1, 0.15) is 16.7 Å². The fourth-order valence-electron chi connectivity index (χ4n) is 4.30. The summed E-state index contributed by atoms with van der Waals surface area (Å²) < 4.78 is 5.99. The van der Waals surface area contributed by atoms with Crippen LogP contribution in [0, 0.1) is 13.8 Å². The third kappa shape index (κ3) is 5.77. The lowest BCUT2D eigenvalue weighted by Gasteiger charge is -2.40. The van der Waals surface area contributed by atoms with Crippen LogP contribution in [-0.4, -0.2) is 74.4 Å². The van der Waals surface area contributed by atoms with Gasteiger partial charge in [-0.1, -0.05) is 36.4 Å². The Hall–Kier alpha value is -2.57. The number of piperazine rings is 1. The second kappa shape index (κ2) is 10.2. The van der Waals surface area contributed by atoms with Crippen molar-refractivity contribution in [3.63, 3.8) is 0 Å². The molecule has 0 bridgehead atoms. The van der Waals surface area contributed by atoms with E-state index < -0.39 is 0 Å². The highest BCUT2D eigenvalue weighted by atomic mass is 16.5. The van der Waals surface area contributed by atoms with Gasteiger partial charge in [-0.15, -0.1) is 0 Å². The average Bonchev–Trinajstić information content (AvgIpc) is 2.81. The molecule has 2 aliphatic rings. The number of nitrogens with zero attached hydrogens (tertiary/aromatic N) is 3. The van der Waals surface area contributed by atoms with Crippen LogP contribution in [0.2, 0.25) is 0 Å². The van der Waals surface area contributed by atoms with Crippen LogP contribution in [0.3, 0.4) is 0 Å². The molecule has 2 aromatic rings. The molecule has 0 radical (unpaired) electrons. The Morgan fingerprint density at radius 3 is 2.52 bits per heavy atom. The molecular weight excluding hydrogens is 388 g/mol. The normalized spacial score (nSPS) is 20.0. The second-order valence-corrected chi connectivity index (χ2v) is 8.64. The van der Waals surface area contributed by atoms with Crippen LogP contribution in [0.5, 0.6) is 0 Å². The van der Waals surface area contributed by atoms with E-state index in [0.29, 0.717) is 26.2 Å². The third-order valence-electron chi connectivity index (χ3n) is 6.40. The van der Waals surface area contributed by atoms with Gasteiger partial charge in [0.25, 0.3) is 0 Å². The van der Waals surface area contributed by atoms with Crippen LogP contribution in [0.25, 0.3) is 0 Å². The minimum Gasteiger partial charge on any atom is -0.373 e. The Labute approximate surface area is 185 Å². The number of carbonyl (C=O) groups excluding carboxylic acids is 1. The molecule has 0 aromatic heterocycles. The lowest BCUT2D eigenvalue weighted by Crippen LogP contribution is -2.54. The van der Waals surface area contributed by atoms with Crippen LogP contribution in [0.15, 0.2) is 48.5 Å². The van der Waals surface area contributed by atoms with Crippen molar-refractivity contribution in [3.05, 3.63) is 65.2 Å². The van der Waals surface area contributed by atoms with Crippen molar-refractivity contribution in [1.82, 2.24) is 15.1 Å². The van der Waals surface area contributed by atoms with Gasteiger partial charge in [-0.25, -0.2) is 4.79 Å². The first kappa shape index (κ1) is 21.7. The van der Waals surface area contributed by atoms with Crippen molar-refractivity contribution in [1.29, 1.82) is 0 Å². The van der Waals surface area contributed by atoms with E-state index in [9.17, 15) is 4.79 Å². The van der Waals surface area contributed by atoms with Gasteiger partial charge in [0.2, 0.25) is 0 Å². The lowest BCUT2D eigenvalue weighted by molar-refractivity contribution is -0.0311. The number of rotatable bonds is 5. The van der Waals surface area contributed by atoms with Gasteiger partial charge in [0.05, 0.1) is 12.7 Å². The molecule has 2 aromatic carbocycles. The first-order chi connectivity index (χ1) is 15.1. The molecule has 2 heterocycles. The summed E-state index contributed by atoms with van der Waals surface area (Å²) >= 11 is 0. The standard InChI is InChI=1S/C25H34N4O2/c1-20-8-9-23(16-21(20)2)28-12-10-27(11-13-28)18-24-19-29(14-15-31-24)25(30)26-17-22-6-4-3-5-7-22/h3-9,16,24H,10-15,17-19H2,1-2H3,(H,26,30). The molecule has 6 heteroatoms. The summed E-state index contributed by atoms with van der Waals surface area (Å²) in [5.74, 6) is 0. The molecule has 2 amide bonds. The van der Waals surface area contributed by atoms with E-state index in [1.807, 2.05) is 35.2 Å². The highest BCUT2D eigenvalue weighted by Gasteiger charge is 2.27. The van der Waals surface area contributed by atoms with Crippen LogP contribution in [-0.2, 0) is 11.3 Å². The number of hydrogen-bond donors (Lipinski definition) is 1. The average molecular weight is 423 g/mol. The van der Waals surface area contributed by atoms with E-state index in [-0.39, 0.29) is 12.1 Å². The number of aryl methyl sites for hydroxylation is 2. The van der Waals surface area contributed by atoms with Crippen LogP contribution >= 0.6 is 0 Å². The largest absolute Gasteiger partial charge is 0.373 e. The summed E-state index contributed by atoms with van der Waals surface area (Å²) in [6, 6.07) is 16.8. The zero-order valence-corrected chi connectivity index (χ0v) is 18.7. The van der Waals surface area contributed by atoms with Gasteiger partial charge in [-0.05, 0) is 42.7 Å². The summed E-state index contributed by atoms with van der Waals surface area (Å²) in [7, 11) is 0. The third-order valence-corrected chi connectivity index (χ3v) is 6.40. The number of amides is 2. The van der Waals surface area contributed by atoms with Gasteiger partial charge in [0.15, 0.2) is 0 Å². The molecule has 4 rings (SSSR count). The monoisotopic (exact) mass is 422 g/mol. The summed E-state index contributed by atoms with van der Waals surface area (Å²) in [6.07, 6.45) is 0.0735. The smallest absolute Gasteiger partial charge is 0.317 e. The Balaban J connectivity index is 1.22. The van der Waals surface area contributed by atoms with Gasteiger partial charge < -0.3 is 19.9 Å². The number of benzene rings is 2. The zero-order chi connectivity index (χ0) is 21.6. The number of morpholine rings is 1. The predicted molar refractivity (Wildman–Crippen MR) is 125 cm³/mol. The van der Waals surface area contributed by atoms with E-state index >= 15 is 0 Å². The van der Waals surface area contributed by atoms with Crippen molar-refractivity contribution in [3.8, 4) is 0 Å². The van der Waals surface area contributed by atoms with Crippen molar-refractivity contribution in [2.75, 3.05) is 57.3 Å². The fraction of sp³-hybridized carbons (Fsp3) is 0.480. The Kier molecular flexibility index (Phi) is 7.10. The van der Waals surface area contributed by atoms with Crippen LogP contribution in [0.4, 0.5) is 10.5 Å². The fourth-order valence-corrected chi connectivity index (χ4v) is 4.30. The summed E-state index contributed by atoms with van der Waals surface area (Å²) in [5.41, 5.74) is 5.12. The zero-order valence-electron chi connectivity index (χ0n) is 18.7. The molecule has 1 atom stereocenters. The second-order valence-electron chi connectivity index (χ2n) is 8.64. The van der Waals surface area contributed by atoms with Crippen LogP contribution < -0.4 is 10.2 Å². The molecule has 6 nitrogen and oxygen atoms in total. The van der Waals surface area contributed by atoms with E-state index in [1.165, 1.54) is 16.8 Å². The van der Waals surface area contributed by atoms with Crippen molar-refractivity contribution < 1.29 is 9.53 Å². The lowest BCUT2D eigenvalue weighted by atomic mass is 10.1. The van der Waals surface area contributed by atoms with Crippen molar-refractivity contribution in [2.45, 2.75) is 26.5 Å². The van der Waals surface area contributed by atoms with Gasteiger partial charge >= 0.3 is 6.03 Å². The number of anilines is 1. The van der Waals surface area contributed by atoms with Gasteiger partial charge in [-0.2, -0.15) is 0 Å². The highest BCUT2D eigenvalue weighted by molar-refractivity contribution is 5.74. The van der Waals surface area contributed by atoms with Gasteiger partial charge in [-0.3, -0.25) is 4.90 Å². The Morgan fingerprint density at radius 2 is 1.77 bits per heavy atom. The molecule has 0 aliphatic carbocycles. The number of hydrogen-bond acceptors (Lipinski definition) is 4. The number of ether oxygens (including phenoxy) is 1. The first-order valence-electron chi connectivity index (χ1n) is 11.3. The SMILES string of the molecule is Cc1ccc(N2CCN(CC3CN(C(=O)NCc4ccccc4)CCO3)CC2)cc1C. The molecular formula is C25H34N4O2.